The summed E-state index contributed by atoms with van der Waals surface area (Å²) in [5.74, 6) is 0. The molecule has 0 unspecified atom stereocenters. The molecule has 5 heterocycles. The van der Waals surface area contributed by atoms with E-state index in [2.05, 4.69) is 16.1 Å². The van der Waals surface area contributed by atoms with Crippen LogP contribution in [0.3, 0.4) is 0 Å². The van der Waals surface area contributed by atoms with Crippen molar-refractivity contribution in [3.8, 4) is 22.4 Å². The predicted molar refractivity (Wildman–Crippen MR) is 159 cm³/mol. The Morgan fingerprint density at radius 1 is 1.08 bits per heavy atom. The van der Waals surface area contributed by atoms with Gasteiger partial charge < -0.3 is 14.0 Å². The van der Waals surface area contributed by atoms with Crippen molar-refractivity contribution in [2.75, 3.05) is 13.1 Å². The number of carbonyl (C=O) groups excluding carboxylic acids is 1. The van der Waals surface area contributed by atoms with Crippen molar-refractivity contribution < 1.29 is 9.53 Å². The van der Waals surface area contributed by atoms with E-state index < -0.39 is 5.60 Å². The monoisotopic (exact) mass is 582 g/mol. The van der Waals surface area contributed by atoms with E-state index in [9.17, 15) is 4.79 Å². The Morgan fingerprint density at radius 2 is 1.85 bits per heavy atom. The fraction of sp³-hybridized carbons (Fsp3) is 0.286. The molecule has 1 atom stereocenters. The van der Waals surface area contributed by atoms with E-state index in [1.807, 2.05) is 73.0 Å². The van der Waals surface area contributed by atoms with E-state index in [-0.39, 0.29) is 25.6 Å². The van der Waals surface area contributed by atoms with Crippen molar-refractivity contribution in [2.24, 2.45) is 0 Å². The maximum atomic E-state index is 12.5. The van der Waals surface area contributed by atoms with Gasteiger partial charge >= 0.3 is 6.09 Å². The highest BCUT2D eigenvalue weighted by Crippen LogP contribution is 2.35. The lowest BCUT2D eigenvalue weighted by atomic mass is 10.1. The first kappa shape index (κ1) is 27.3. The molecule has 1 fully saturated rings. The molecule has 8 nitrogen and oxygen atoms in total. The summed E-state index contributed by atoms with van der Waals surface area (Å²) >= 11 is 12.9. The molecule has 39 heavy (non-hydrogen) atoms. The lowest BCUT2D eigenvalue weighted by molar-refractivity contribution is 0.0288. The van der Waals surface area contributed by atoms with Gasteiger partial charge in [-0.1, -0.05) is 29.3 Å². The quantitative estimate of drug-likeness (QED) is 0.228. The van der Waals surface area contributed by atoms with Crippen molar-refractivity contribution >= 4 is 59.3 Å². The van der Waals surface area contributed by atoms with Crippen molar-refractivity contribution in [1.29, 1.82) is 0 Å². The number of hydrogen-bond acceptors (Lipinski definition) is 5. The van der Waals surface area contributed by atoms with Crippen LogP contribution in [-0.4, -0.2) is 53.8 Å². The number of aromatic nitrogens is 5. The number of ether oxygens (including phenoxy) is 1. The zero-order chi connectivity index (χ0) is 26.6. The van der Waals surface area contributed by atoms with Gasteiger partial charge in [-0.15, -0.1) is 0 Å². The molecule has 5 aromatic rings. The SMILES string of the molecule is CC(C)(C)OC(=O)N1CC[C@H](n2cc(-c3cnc4ccn5cc(-c6c(Cl)cccc6Cl)nc5c4c3)cn2)C1.S. The molecule has 202 valence electrons. The molecule has 1 amide bonds. The molecule has 4 aromatic heterocycles. The number of halogens is 2. The van der Waals surface area contributed by atoms with Crippen LogP contribution in [0.25, 0.3) is 38.9 Å². The number of amides is 1. The van der Waals surface area contributed by atoms with Crippen LogP contribution in [0.4, 0.5) is 4.79 Å². The fourth-order valence-electron chi connectivity index (χ4n) is 4.80. The molecule has 11 heteroatoms. The number of hydrogen-bond donors (Lipinski definition) is 0. The van der Waals surface area contributed by atoms with E-state index >= 15 is 0 Å². The highest BCUT2D eigenvalue weighted by atomic mass is 35.5. The number of pyridine rings is 2. The molecule has 1 aliphatic rings. The van der Waals surface area contributed by atoms with Gasteiger partial charge in [-0.25, -0.2) is 9.78 Å². The molecule has 1 saturated heterocycles. The Labute approximate surface area is 243 Å². The second-order valence-corrected chi connectivity index (χ2v) is 11.3. The van der Waals surface area contributed by atoms with E-state index in [1.165, 1.54) is 0 Å². The summed E-state index contributed by atoms with van der Waals surface area (Å²) in [7, 11) is 0. The molecule has 0 bridgehead atoms. The Kier molecular flexibility index (Phi) is 7.26. The number of benzene rings is 1. The van der Waals surface area contributed by atoms with Gasteiger partial charge in [-0.3, -0.25) is 9.67 Å². The lowest BCUT2D eigenvalue weighted by Crippen LogP contribution is -2.35. The molecular weight excluding hydrogens is 555 g/mol. The number of carbonyl (C=O) groups is 1. The maximum absolute atomic E-state index is 12.5. The summed E-state index contributed by atoms with van der Waals surface area (Å²) in [6, 6.07) is 9.55. The third-order valence-corrected chi connectivity index (χ3v) is 7.26. The topological polar surface area (TPSA) is 77.5 Å². The first-order valence-electron chi connectivity index (χ1n) is 12.4. The van der Waals surface area contributed by atoms with Crippen LogP contribution in [0, 0.1) is 0 Å². The van der Waals surface area contributed by atoms with Gasteiger partial charge in [-0.05, 0) is 51.5 Å². The Balaban J connectivity index is 0.00000308. The van der Waals surface area contributed by atoms with Gasteiger partial charge in [0.2, 0.25) is 0 Å². The van der Waals surface area contributed by atoms with Gasteiger partial charge in [0.05, 0.1) is 33.5 Å². The van der Waals surface area contributed by atoms with E-state index in [4.69, 9.17) is 32.9 Å². The number of fused-ring (bicyclic) bond motifs is 3. The van der Waals surface area contributed by atoms with Crippen LogP contribution < -0.4 is 0 Å². The van der Waals surface area contributed by atoms with Gasteiger partial charge in [-0.2, -0.15) is 18.6 Å². The average Bonchev–Trinajstić information content (AvgIpc) is 3.61. The minimum atomic E-state index is -0.516. The number of likely N-dealkylation sites (tertiary alicyclic amines) is 1. The Hall–Kier alpha value is -3.27. The Morgan fingerprint density at radius 3 is 2.59 bits per heavy atom. The summed E-state index contributed by atoms with van der Waals surface area (Å²) in [4.78, 5) is 23.8. The van der Waals surface area contributed by atoms with Crippen LogP contribution >= 0.6 is 36.7 Å². The van der Waals surface area contributed by atoms with E-state index in [0.717, 1.165) is 34.1 Å². The zero-order valence-corrected chi connectivity index (χ0v) is 24.2. The van der Waals surface area contributed by atoms with Crippen molar-refractivity contribution in [3.05, 3.63) is 71.4 Å². The average molecular weight is 584 g/mol. The first-order valence-corrected chi connectivity index (χ1v) is 13.2. The molecule has 0 radical (unpaired) electrons. The molecular formula is C28H28Cl2N6O2S. The third-order valence-electron chi connectivity index (χ3n) is 6.63. The van der Waals surface area contributed by atoms with E-state index in [1.54, 1.807) is 17.0 Å². The number of rotatable bonds is 3. The van der Waals surface area contributed by atoms with Crippen LogP contribution in [0.1, 0.15) is 33.2 Å². The summed E-state index contributed by atoms with van der Waals surface area (Å²) in [6.07, 6.45) is 10.1. The van der Waals surface area contributed by atoms with Gasteiger partial charge in [0, 0.05) is 60.0 Å². The molecule has 6 rings (SSSR count). The highest BCUT2D eigenvalue weighted by Gasteiger charge is 2.31. The van der Waals surface area contributed by atoms with Crippen molar-refractivity contribution in [1.82, 2.24) is 29.0 Å². The van der Waals surface area contributed by atoms with Crippen LogP contribution in [-0.2, 0) is 4.74 Å². The summed E-state index contributed by atoms with van der Waals surface area (Å²) in [5, 5.41) is 6.61. The summed E-state index contributed by atoms with van der Waals surface area (Å²) in [5.41, 5.74) is 4.35. The minimum Gasteiger partial charge on any atom is -0.444 e. The molecule has 0 aliphatic carbocycles. The van der Waals surface area contributed by atoms with Crippen LogP contribution in [0.15, 0.2) is 61.3 Å². The fourth-order valence-corrected chi connectivity index (χ4v) is 5.39. The molecule has 0 spiro atoms. The Bertz CT molecular complexity index is 1670. The van der Waals surface area contributed by atoms with Crippen molar-refractivity contribution in [3.63, 3.8) is 0 Å². The van der Waals surface area contributed by atoms with Gasteiger partial charge in [0.1, 0.15) is 11.2 Å². The molecule has 1 aromatic carbocycles. The normalized spacial score (nSPS) is 15.6. The number of imidazole rings is 1. The van der Waals surface area contributed by atoms with Crippen LogP contribution in [0.2, 0.25) is 10.0 Å². The van der Waals surface area contributed by atoms with Gasteiger partial charge in [0.15, 0.2) is 0 Å². The molecule has 0 saturated carbocycles. The molecule has 0 N–H and O–H groups in total. The first-order chi connectivity index (χ1) is 18.2. The standard InChI is InChI=1S/C28H26Cl2N6O2.H2S/c1-28(2,3)38-27(37)35-9-7-19(15-35)36-14-18(13-32-36)17-11-20-23(31-12-17)8-10-34-16-24(33-26(20)34)25-21(29)5-4-6-22(25)30;/h4-6,8,10-14,16,19H,7,9,15H2,1-3H3;1H2/t19-;/m0./s1. The van der Waals surface area contributed by atoms with Gasteiger partial charge in [0.25, 0.3) is 0 Å². The second-order valence-electron chi connectivity index (χ2n) is 10.5. The number of nitrogens with zero attached hydrogens (tertiary/aromatic N) is 6. The lowest BCUT2D eigenvalue weighted by Gasteiger charge is -2.24. The predicted octanol–water partition coefficient (Wildman–Crippen LogP) is 7.01. The minimum absolute atomic E-state index is 0. The van der Waals surface area contributed by atoms with Crippen molar-refractivity contribution in [2.45, 2.75) is 38.8 Å². The maximum Gasteiger partial charge on any atom is 0.410 e. The zero-order valence-electron chi connectivity index (χ0n) is 21.7. The third kappa shape index (κ3) is 5.31. The van der Waals surface area contributed by atoms with Crippen LogP contribution in [0.5, 0.6) is 0 Å². The summed E-state index contributed by atoms with van der Waals surface area (Å²) < 4.78 is 9.41. The van der Waals surface area contributed by atoms with E-state index in [0.29, 0.717) is 34.4 Å². The smallest absolute Gasteiger partial charge is 0.410 e. The molecule has 1 aliphatic heterocycles. The second kappa shape index (κ2) is 10.4. The largest absolute Gasteiger partial charge is 0.444 e. The summed E-state index contributed by atoms with van der Waals surface area (Å²) in [6.45, 7) is 6.83. The highest BCUT2D eigenvalue weighted by molar-refractivity contribution is 7.59.